The molecule has 0 aliphatic rings. The number of benzene rings is 1. The van der Waals surface area contributed by atoms with E-state index in [4.69, 9.17) is 9.84 Å². The lowest BCUT2D eigenvalue weighted by molar-refractivity contribution is -0.140. The quantitative estimate of drug-likeness (QED) is 0.770. The Morgan fingerprint density at radius 2 is 2.16 bits per heavy atom. The Morgan fingerprint density at radius 3 is 2.68 bits per heavy atom. The molecule has 6 nitrogen and oxygen atoms in total. The molecule has 7 heteroatoms. The van der Waals surface area contributed by atoms with Crippen molar-refractivity contribution in [3.05, 3.63) is 28.2 Å². The van der Waals surface area contributed by atoms with Crippen LogP contribution in [-0.4, -0.2) is 36.9 Å². The van der Waals surface area contributed by atoms with Gasteiger partial charge in [-0.3, -0.25) is 0 Å². The molecule has 0 heterocycles. The number of anilines is 1. The van der Waals surface area contributed by atoms with E-state index in [2.05, 4.69) is 26.6 Å². The number of amides is 2. The van der Waals surface area contributed by atoms with Crippen LogP contribution < -0.4 is 10.6 Å². The van der Waals surface area contributed by atoms with E-state index in [0.717, 1.165) is 10.0 Å². The van der Waals surface area contributed by atoms with Crippen molar-refractivity contribution in [2.24, 2.45) is 0 Å². The van der Waals surface area contributed by atoms with Crippen LogP contribution >= 0.6 is 15.9 Å². The first-order valence-electron chi connectivity index (χ1n) is 5.49. The molecule has 1 aromatic rings. The summed E-state index contributed by atoms with van der Waals surface area (Å²) in [5, 5.41) is 13.7. The minimum atomic E-state index is -1.15. The first-order valence-corrected chi connectivity index (χ1v) is 6.28. The van der Waals surface area contributed by atoms with Gasteiger partial charge in [0.05, 0.1) is 6.61 Å². The van der Waals surface area contributed by atoms with Crippen LogP contribution in [0.15, 0.2) is 22.7 Å². The summed E-state index contributed by atoms with van der Waals surface area (Å²) in [5.41, 5.74) is 1.60. The van der Waals surface area contributed by atoms with Gasteiger partial charge >= 0.3 is 12.0 Å². The Kier molecular flexibility index (Phi) is 5.78. The number of carbonyl (C=O) groups excluding carboxylic acids is 1. The third-order valence-electron chi connectivity index (χ3n) is 2.37. The van der Waals surface area contributed by atoms with Crippen molar-refractivity contribution >= 4 is 33.6 Å². The van der Waals surface area contributed by atoms with Gasteiger partial charge in [0.2, 0.25) is 0 Å². The van der Waals surface area contributed by atoms with E-state index in [9.17, 15) is 9.59 Å². The molecule has 3 N–H and O–H groups in total. The number of nitrogens with one attached hydrogen (secondary N) is 2. The number of methoxy groups -OCH3 is 1. The summed E-state index contributed by atoms with van der Waals surface area (Å²) in [6.07, 6.45) is 0. The minimum absolute atomic E-state index is 0.0969. The highest BCUT2D eigenvalue weighted by molar-refractivity contribution is 9.10. The standard InChI is InChI=1S/C12H15BrN2O4/c1-7-3-4-8(5-9(7)13)14-12(18)15-10(6-19-2)11(16)17/h3-5,10H,6H2,1-2H3,(H,16,17)(H2,14,15,18). The molecule has 0 radical (unpaired) electrons. The van der Waals surface area contributed by atoms with Crippen molar-refractivity contribution in [3.63, 3.8) is 0 Å². The molecule has 0 fully saturated rings. The Balaban J connectivity index is 2.63. The molecule has 0 spiro atoms. The van der Waals surface area contributed by atoms with Crippen molar-refractivity contribution in [1.29, 1.82) is 0 Å². The number of urea groups is 1. The van der Waals surface area contributed by atoms with E-state index in [1.54, 1.807) is 12.1 Å². The maximum atomic E-state index is 11.6. The van der Waals surface area contributed by atoms with Crippen LogP contribution in [0.4, 0.5) is 10.5 Å². The van der Waals surface area contributed by atoms with Gasteiger partial charge in [-0.15, -0.1) is 0 Å². The maximum absolute atomic E-state index is 11.6. The van der Waals surface area contributed by atoms with Crippen LogP contribution in [0.1, 0.15) is 5.56 Å². The van der Waals surface area contributed by atoms with Gasteiger partial charge in [0.1, 0.15) is 0 Å². The van der Waals surface area contributed by atoms with E-state index in [1.165, 1.54) is 7.11 Å². The smallest absolute Gasteiger partial charge is 0.328 e. The number of aliphatic carboxylic acids is 1. The average molecular weight is 331 g/mol. The summed E-state index contributed by atoms with van der Waals surface area (Å²) in [4.78, 5) is 22.5. The van der Waals surface area contributed by atoms with E-state index in [0.29, 0.717) is 5.69 Å². The number of hydrogen-bond acceptors (Lipinski definition) is 3. The fourth-order valence-corrected chi connectivity index (χ4v) is 1.72. The molecule has 0 saturated carbocycles. The molecule has 2 amide bonds. The third kappa shape index (κ3) is 4.88. The molecule has 1 rings (SSSR count). The molecular weight excluding hydrogens is 316 g/mol. The van der Waals surface area contributed by atoms with Crippen molar-refractivity contribution in [2.45, 2.75) is 13.0 Å². The van der Waals surface area contributed by atoms with Gasteiger partial charge in [-0.2, -0.15) is 0 Å². The molecule has 0 aromatic heterocycles. The second-order valence-electron chi connectivity index (χ2n) is 3.91. The van der Waals surface area contributed by atoms with E-state index < -0.39 is 18.0 Å². The molecule has 0 saturated heterocycles. The van der Waals surface area contributed by atoms with Crippen LogP contribution in [0.2, 0.25) is 0 Å². The predicted octanol–water partition coefficient (Wildman–Crippen LogP) is 1.98. The SMILES string of the molecule is COCC(NC(=O)Nc1ccc(C)c(Br)c1)C(=O)O. The number of rotatable bonds is 5. The van der Waals surface area contributed by atoms with Crippen molar-refractivity contribution in [2.75, 3.05) is 19.0 Å². The van der Waals surface area contributed by atoms with Crippen molar-refractivity contribution in [1.82, 2.24) is 5.32 Å². The fourth-order valence-electron chi connectivity index (χ4n) is 1.34. The summed E-state index contributed by atoms with van der Waals surface area (Å²) in [5.74, 6) is -1.15. The van der Waals surface area contributed by atoms with E-state index in [1.807, 2.05) is 13.0 Å². The van der Waals surface area contributed by atoms with Gasteiger partial charge in [0.15, 0.2) is 6.04 Å². The molecule has 1 atom stereocenters. The molecule has 1 aromatic carbocycles. The third-order valence-corrected chi connectivity index (χ3v) is 3.22. The minimum Gasteiger partial charge on any atom is -0.480 e. The van der Waals surface area contributed by atoms with Crippen molar-refractivity contribution < 1.29 is 19.4 Å². The number of ether oxygens (including phenoxy) is 1. The summed E-state index contributed by atoms with van der Waals surface area (Å²) < 4.78 is 5.58. The molecule has 0 aliphatic heterocycles. The van der Waals surface area contributed by atoms with Crippen LogP contribution in [0.25, 0.3) is 0 Å². The Hall–Kier alpha value is -1.60. The van der Waals surface area contributed by atoms with Gasteiger partial charge in [-0.05, 0) is 24.6 Å². The van der Waals surface area contributed by atoms with Gasteiger partial charge in [0, 0.05) is 17.3 Å². The zero-order valence-electron chi connectivity index (χ0n) is 10.6. The van der Waals surface area contributed by atoms with Crippen LogP contribution in [0.3, 0.4) is 0 Å². The van der Waals surface area contributed by atoms with Crippen molar-refractivity contribution in [3.8, 4) is 0 Å². The topological polar surface area (TPSA) is 87.7 Å². The number of hydrogen-bond donors (Lipinski definition) is 3. The second-order valence-corrected chi connectivity index (χ2v) is 4.76. The normalized spacial score (nSPS) is 11.7. The lowest BCUT2D eigenvalue weighted by Crippen LogP contribution is -2.45. The number of halogens is 1. The molecule has 104 valence electrons. The Bertz CT molecular complexity index is 479. The summed E-state index contributed by atoms with van der Waals surface area (Å²) >= 11 is 3.35. The zero-order valence-corrected chi connectivity index (χ0v) is 12.2. The summed E-state index contributed by atoms with van der Waals surface area (Å²) in [7, 11) is 1.37. The number of carboxylic acids is 1. The summed E-state index contributed by atoms with van der Waals surface area (Å²) in [6, 6.07) is 3.62. The van der Waals surface area contributed by atoms with Crippen LogP contribution in [0.5, 0.6) is 0 Å². The zero-order chi connectivity index (χ0) is 14.4. The van der Waals surface area contributed by atoms with E-state index in [-0.39, 0.29) is 6.61 Å². The molecule has 19 heavy (non-hydrogen) atoms. The van der Waals surface area contributed by atoms with Gasteiger partial charge in [-0.25, -0.2) is 9.59 Å². The molecular formula is C12H15BrN2O4. The Morgan fingerprint density at radius 1 is 1.47 bits per heavy atom. The lowest BCUT2D eigenvalue weighted by Gasteiger charge is -2.14. The maximum Gasteiger partial charge on any atom is 0.328 e. The molecule has 1 unspecified atom stereocenters. The van der Waals surface area contributed by atoms with Gasteiger partial charge < -0.3 is 20.5 Å². The van der Waals surface area contributed by atoms with Crippen LogP contribution in [-0.2, 0) is 9.53 Å². The fraction of sp³-hybridized carbons (Fsp3) is 0.333. The van der Waals surface area contributed by atoms with Gasteiger partial charge in [0.25, 0.3) is 0 Å². The average Bonchev–Trinajstić information content (AvgIpc) is 2.33. The Labute approximate surface area is 119 Å². The highest BCUT2D eigenvalue weighted by atomic mass is 79.9. The molecule has 0 aliphatic carbocycles. The monoisotopic (exact) mass is 330 g/mol. The van der Waals surface area contributed by atoms with Gasteiger partial charge in [-0.1, -0.05) is 22.0 Å². The first-order chi connectivity index (χ1) is 8.93. The predicted molar refractivity (Wildman–Crippen MR) is 74.3 cm³/mol. The summed E-state index contributed by atoms with van der Waals surface area (Å²) in [6.45, 7) is 1.83. The highest BCUT2D eigenvalue weighted by Gasteiger charge is 2.19. The number of carbonyl (C=O) groups is 2. The number of carboxylic acid groups (broad SMARTS) is 1. The largest absolute Gasteiger partial charge is 0.480 e. The van der Waals surface area contributed by atoms with Crippen LogP contribution in [0, 0.1) is 6.92 Å². The lowest BCUT2D eigenvalue weighted by atomic mass is 10.2. The van der Waals surface area contributed by atoms with E-state index >= 15 is 0 Å². The number of aryl methyl sites for hydroxylation is 1. The highest BCUT2D eigenvalue weighted by Crippen LogP contribution is 2.20. The second kappa shape index (κ2) is 7.10. The molecule has 0 bridgehead atoms. The first kappa shape index (κ1) is 15.5.